The number of amides is 1. The van der Waals surface area contributed by atoms with E-state index in [-0.39, 0.29) is 29.4 Å². The topological polar surface area (TPSA) is 70.6 Å². The minimum atomic E-state index is -0.559. The highest BCUT2D eigenvalue weighted by Crippen LogP contribution is 2.24. The van der Waals surface area contributed by atoms with Crippen LogP contribution in [-0.2, 0) is 9.53 Å². The smallest absolute Gasteiger partial charge is 0.223 e. The van der Waals surface area contributed by atoms with E-state index in [0.717, 1.165) is 32.2 Å². The molecule has 0 bridgehead atoms. The van der Waals surface area contributed by atoms with Gasteiger partial charge in [0.05, 0.1) is 18.8 Å². The van der Waals surface area contributed by atoms with Crippen molar-refractivity contribution >= 4 is 5.91 Å². The molecular weight excluding hydrogens is 268 g/mol. The molecule has 1 saturated heterocycles. The molecule has 0 aromatic carbocycles. The quantitative estimate of drug-likeness (QED) is 0.710. The second-order valence-corrected chi connectivity index (χ2v) is 7.64. The van der Waals surface area contributed by atoms with Crippen LogP contribution in [0.3, 0.4) is 0 Å². The molecule has 2 rings (SSSR count). The van der Waals surface area contributed by atoms with E-state index in [1.165, 1.54) is 0 Å². The molecule has 3 atom stereocenters. The highest BCUT2D eigenvalue weighted by molar-refractivity contribution is 5.78. The monoisotopic (exact) mass is 298 g/mol. The molecular formula is C16H30N2O3. The van der Waals surface area contributed by atoms with Gasteiger partial charge in [-0.3, -0.25) is 4.79 Å². The number of hydrogen-bond acceptors (Lipinski definition) is 4. The largest absolute Gasteiger partial charge is 0.389 e. The Balaban J connectivity index is 1.71. The molecule has 2 aliphatic rings. The van der Waals surface area contributed by atoms with E-state index in [2.05, 4.69) is 31.4 Å². The minimum Gasteiger partial charge on any atom is -0.389 e. The lowest BCUT2D eigenvalue weighted by molar-refractivity contribution is -0.125. The number of ether oxygens (including phenoxy) is 1. The molecule has 2 fully saturated rings. The van der Waals surface area contributed by atoms with E-state index in [0.29, 0.717) is 13.2 Å². The first-order valence-corrected chi connectivity index (χ1v) is 8.17. The van der Waals surface area contributed by atoms with Crippen LogP contribution < -0.4 is 10.6 Å². The molecule has 0 aromatic heterocycles. The summed E-state index contributed by atoms with van der Waals surface area (Å²) in [5.41, 5.74) is 0.175. The third-order valence-corrected chi connectivity index (χ3v) is 4.38. The van der Waals surface area contributed by atoms with Crippen LogP contribution in [0.2, 0.25) is 0 Å². The number of nitrogens with one attached hydrogen (secondary N) is 2. The van der Waals surface area contributed by atoms with Gasteiger partial charge in [-0.15, -0.1) is 0 Å². The number of aliphatic hydroxyl groups is 1. The van der Waals surface area contributed by atoms with Crippen molar-refractivity contribution in [2.45, 2.75) is 64.7 Å². The van der Waals surface area contributed by atoms with Crippen LogP contribution in [-0.4, -0.2) is 49.0 Å². The van der Waals surface area contributed by atoms with Crippen LogP contribution in [0, 0.1) is 11.3 Å². The van der Waals surface area contributed by atoms with Gasteiger partial charge in [0, 0.05) is 19.0 Å². The van der Waals surface area contributed by atoms with Gasteiger partial charge in [0.25, 0.3) is 0 Å². The maximum Gasteiger partial charge on any atom is 0.223 e. The van der Waals surface area contributed by atoms with Crippen molar-refractivity contribution in [1.29, 1.82) is 0 Å². The first kappa shape index (κ1) is 16.7. The van der Waals surface area contributed by atoms with E-state index in [4.69, 9.17) is 4.74 Å². The first-order valence-electron chi connectivity index (χ1n) is 8.17. The van der Waals surface area contributed by atoms with Gasteiger partial charge in [0.15, 0.2) is 0 Å². The molecule has 5 nitrogen and oxygen atoms in total. The predicted molar refractivity (Wildman–Crippen MR) is 82.0 cm³/mol. The molecule has 0 unspecified atom stereocenters. The molecule has 1 aliphatic carbocycles. The molecule has 5 heteroatoms. The van der Waals surface area contributed by atoms with E-state index in [9.17, 15) is 9.90 Å². The summed E-state index contributed by atoms with van der Waals surface area (Å²) in [6, 6.07) is -0.0439. The van der Waals surface area contributed by atoms with E-state index < -0.39 is 6.10 Å². The van der Waals surface area contributed by atoms with Crippen molar-refractivity contribution in [2.24, 2.45) is 11.3 Å². The number of aliphatic hydroxyl groups excluding tert-OH is 1. The van der Waals surface area contributed by atoms with Crippen molar-refractivity contribution in [3.8, 4) is 0 Å². The summed E-state index contributed by atoms with van der Waals surface area (Å²) < 4.78 is 5.63. The standard InChI is InChI=1S/C16H30N2O3/c1-16(2,3)10-18-12-9-21-13(14(12)19)8-17-15(20)11-6-4-5-7-11/h11-14,18-19H,4-10H2,1-3H3,(H,17,20)/t12-,13-,14+/m1/s1. The van der Waals surface area contributed by atoms with Gasteiger partial charge in [-0.05, 0) is 18.3 Å². The second-order valence-electron chi connectivity index (χ2n) is 7.64. The third-order valence-electron chi connectivity index (χ3n) is 4.38. The Morgan fingerprint density at radius 1 is 1.29 bits per heavy atom. The van der Waals surface area contributed by atoms with Crippen molar-refractivity contribution < 1.29 is 14.6 Å². The number of hydrogen-bond donors (Lipinski definition) is 3. The van der Waals surface area contributed by atoms with E-state index in [1.54, 1.807) is 0 Å². The maximum absolute atomic E-state index is 12.0. The van der Waals surface area contributed by atoms with Gasteiger partial charge in [0.1, 0.15) is 6.10 Å². The van der Waals surface area contributed by atoms with Crippen molar-refractivity contribution in [3.63, 3.8) is 0 Å². The fourth-order valence-corrected chi connectivity index (χ4v) is 3.01. The summed E-state index contributed by atoms with van der Waals surface area (Å²) in [7, 11) is 0. The van der Waals surface area contributed by atoms with Gasteiger partial charge in [0.2, 0.25) is 5.91 Å². The molecule has 3 N–H and O–H groups in total. The summed E-state index contributed by atoms with van der Waals surface area (Å²) in [6.45, 7) is 8.20. The van der Waals surface area contributed by atoms with Crippen LogP contribution in [0.25, 0.3) is 0 Å². The van der Waals surface area contributed by atoms with Crippen LogP contribution >= 0.6 is 0 Å². The minimum absolute atomic E-state index is 0.0439. The van der Waals surface area contributed by atoms with E-state index >= 15 is 0 Å². The Labute approximate surface area is 127 Å². The van der Waals surface area contributed by atoms with E-state index in [1.807, 2.05) is 0 Å². The molecule has 1 heterocycles. The van der Waals surface area contributed by atoms with Gasteiger partial charge in [-0.2, -0.15) is 0 Å². The molecule has 122 valence electrons. The Bertz CT molecular complexity index is 348. The molecule has 21 heavy (non-hydrogen) atoms. The van der Waals surface area contributed by atoms with Crippen LogP contribution in [0.4, 0.5) is 0 Å². The zero-order valence-electron chi connectivity index (χ0n) is 13.5. The zero-order valence-corrected chi connectivity index (χ0v) is 13.5. The molecule has 0 aromatic rings. The number of carbonyl (C=O) groups excluding carboxylic acids is 1. The highest BCUT2D eigenvalue weighted by Gasteiger charge is 2.36. The summed E-state index contributed by atoms with van der Waals surface area (Å²) >= 11 is 0. The Morgan fingerprint density at radius 3 is 2.57 bits per heavy atom. The fourth-order valence-electron chi connectivity index (χ4n) is 3.01. The second kappa shape index (κ2) is 7.07. The third kappa shape index (κ3) is 4.94. The Morgan fingerprint density at radius 2 is 1.95 bits per heavy atom. The van der Waals surface area contributed by atoms with Gasteiger partial charge in [-0.25, -0.2) is 0 Å². The molecule has 1 aliphatic heterocycles. The SMILES string of the molecule is CC(C)(C)CN[C@@H]1CO[C@H](CNC(=O)C2CCCC2)[C@H]1O. The van der Waals surface area contributed by atoms with Crippen molar-refractivity contribution in [1.82, 2.24) is 10.6 Å². The average molecular weight is 298 g/mol. The molecule has 0 radical (unpaired) electrons. The van der Waals surface area contributed by atoms with Crippen LogP contribution in [0.5, 0.6) is 0 Å². The first-order chi connectivity index (χ1) is 9.87. The number of carbonyl (C=O) groups is 1. The predicted octanol–water partition coefficient (Wildman–Crippen LogP) is 1.06. The molecule has 0 spiro atoms. The number of rotatable bonds is 5. The lowest BCUT2D eigenvalue weighted by atomic mass is 9.96. The Kier molecular flexibility index (Phi) is 5.63. The Hall–Kier alpha value is -0.650. The van der Waals surface area contributed by atoms with Gasteiger partial charge < -0.3 is 20.5 Å². The van der Waals surface area contributed by atoms with Crippen LogP contribution in [0.1, 0.15) is 46.5 Å². The van der Waals surface area contributed by atoms with Crippen molar-refractivity contribution in [3.05, 3.63) is 0 Å². The lowest BCUT2D eigenvalue weighted by Crippen LogP contribution is -2.47. The highest BCUT2D eigenvalue weighted by atomic mass is 16.5. The summed E-state index contributed by atoms with van der Waals surface area (Å²) in [4.78, 5) is 12.0. The summed E-state index contributed by atoms with van der Waals surface area (Å²) in [5.74, 6) is 0.285. The molecule has 1 saturated carbocycles. The normalized spacial score (nSPS) is 30.8. The zero-order chi connectivity index (χ0) is 15.5. The maximum atomic E-state index is 12.0. The van der Waals surface area contributed by atoms with Gasteiger partial charge >= 0.3 is 0 Å². The average Bonchev–Trinajstić information content (AvgIpc) is 3.03. The van der Waals surface area contributed by atoms with Gasteiger partial charge in [-0.1, -0.05) is 33.6 Å². The summed E-state index contributed by atoms with van der Waals surface area (Å²) in [5, 5.41) is 16.6. The lowest BCUT2D eigenvalue weighted by Gasteiger charge is -2.24. The van der Waals surface area contributed by atoms with Crippen molar-refractivity contribution in [2.75, 3.05) is 19.7 Å². The summed E-state index contributed by atoms with van der Waals surface area (Å²) in [6.07, 6.45) is 3.44. The fraction of sp³-hybridized carbons (Fsp3) is 0.938. The molecule has 1 amide bonds. The van der Waals surface area contributed by atoms with Crippen LogP contribution in [0.15, 0.2) is 0 Å².